The average Bonchev–Trinajstić information content (AvgIpc) is 1.94. The molecule has 0 aliphatic rings. The summed E-state index contributed by atoms with van der Waals surface area (Å²) in [5.74, 6) is 0. The number of hydrogen-bond acceptors (Lipinski definition) is 4. The number of rotatable bonds is 7. The largest absolute Gasteiger partial charge is 1.00 e. The van der Waals surface area contributed by atoms with Gasteiger partial charge < -0.3 is 6.16 Å². The fourth-order valence-electron chi connectivity index (χ4n) is 0.547. The van der Waals surface area contributed by atoms with Crippen LogP contribution in [0.25, 0.3) is 0 Å². The van der Waals surface area contributed by atoms with Crippen molar-refractivity contribution >= 4 is 10.4 Å². The summed E-state index contributed by atoms with van der Waals surface area (Å²) in [4.78, 5) is 0. The van der Waals surface area contributed by atoms with Crippen molar-refractivity contribution in [2.75, 3.05) is 19.8 Å². The first-order valence-electron chi connectivity index (χ1n) is 3.76. The molecule has 0 radical (unpaired) electrons. The summed E-state index contributed by atoms with van der Waals surface area (Å²) in [7, 11) is -4.30. The van der Waals surface area contributed by atoms with Gasteiger partial charge in [0.2, 0.25) is 0 Å². The van der Waals surface area contributed by atoms with Crippen LogP contribution in [0.15, 0.2) is 0 Å². The quantitative estimate of drug-likeness (QED) is 0.299. The fourth-order valence-corrected chi connectivity index (χ4v) is 0.825. The van der Waals surface area contributed by atoms with Gasteiger partial charge in [-0.2, -0.15) is 8.42 Å². The molecule has 0 aromatic carbocycles. The predicted molar refractivity (Wildman–Crippen MR) is 44.3 cm³/mol. The van der Waals surface area contributed by atoms with Crippen LogP contribution in [-0.2, 0) is 19.3 Å². The first kappa shape index (κ1) is 16.3. The van der Waals surface area contributed by atoms with Crippen molar-refractivity contribution in [2.24, 2.45) is 0 Å². The Balaban J connectivity index is -0.000000605. The van der Waals surface area contributed by atoms with Gasteiger partial charge in [0, 0.05) is 6.61 Å². The van der Waals surface area contributed by atoms with Crippen molar-refractivity contribution in [2.45, 2.75) is 19.8 Å². The Bertz CT molecular complexity index is 196. The Kier molecular flexibility index (Phi) is 11.7. The molecule has 0 spiro atoms. The van der Waals surface area contributed by atoms with Gasteiger partial charge in [-0.1, -0.05) is 13.3 Å². The zero-order valence-corrected chi connectivity index (χ0v) is 10.8. The fraction of sp³-hybridized carbons (Fsp3) is 1.00. The van der Waals surface area contributed by atoms with Gasteiger partial charge in [-0.3, -0.25) is 4.55 Å². The maximum absolute atomic E-state index is 10.00. The molecule has 0 bridgehead atoms. The normalized spacial score (nSPS) is 10.9. The van der Waals surface area contributed by atoms with E-state index in [4.69, 9.17) is 9.29 Å². The summed E-state index contributed by atoms with van der Waals surface area (Å²) in [6, 6.07) is 0. The van der Waals surface area contributed by atoms with E-state index in [0.717, 1.165) is 12.8 Å². The zero-order chi connectivity index (χ0) is 9.45. The number of unbranched alkanes of at least 4 members (excludes halogenated alkanes) is 1. The maximum Gasteiger partial charge on any atom is 1.00 e. The van der Waals surface area contributed by atoms with E-state index in [9.17, 15) is 8.42 Å². The van der Waals surface area contributed by atoms with Crippen LogP contribution < -0.4 is 29.6 Å². The Morgan fingerprint density at radius 3 is 2.38 bits per heavy atom. The van der Waals surface area contributed by atoms with Crippen LogP contribution >= 0.6 is 0 Å². The van der Waals surface area contributed by atoms with E-state index in [1.165, 1.54) is 0 Å². The summed E-state index contributed by atoms with van der Waals surface area (Å²) in [5.41, 5.74) is 0. The molecule has 0 amide bonds. The summed E-state index contributed by atoms with van der Waals surface area (Å²) in [5, 5.41) is 0. The molecule has 5 nitrogen and oxygen atoms in total. The second kappa shape index (κ2) is 9.39. The molecule has 0 aliphatic heterocycles. The molecule has 0 aromatic heterocycles. The Morgan fingerprint density at radius 2 is 1.92 bits per heavy atom. The van der Waals surface area contributed by atoms with Crippen LogP contribution in [0.4, 0.5) is 0 Å². The van der Waals surface area contributed by atoms with Crippen molar-refractivity contribution in [1.82, 2.24) is 0 Å². The molecular formula is C6H15NaO5S. The molecule has 0 unspecified atom stereocenters. The van der Waals surface area contributed by atoms with Crippen LogP contribution in [0, 0.1) is 0 Å². The van der Waals surface area contributed by atoms with Crippen molar-refractivity contribution in [3.8, 4) is 0 Å². The summed E-state index contributed by atoms with van der Waals surface area (Å²) in [6.45, 7) is 2.66. The van der Waals surface area contributed by atoms with Crippen LogP contribution in [0.5, 0.6) is 0 Å². The van der Waals surface area contributed by atoms with E-state index in [1.807, 2.05) is 6.92 Å². The van der Waals surface area contributed by atoms with Gasteiger partial charge in [-0.25, -0.2) is 4.18 Å². The number of ether oxygens (including phenoxy) is 1. The van der Waals surface area contributed by atoms with Gasteiger partial charge in [-0.15, -0.1) is 0 Å². The van der Waals surface area contributed by atoms with E-state index >= 15 is 0 Å². The molecule has 76 valence electrons. The van der Waals surface area contributed by atoms with Gasteiger partial charge in [0.05, 0.1) is 13.2 Å². The minimum Gasteiger partial charge on any atom is -1.00 e. The van der Waals surface area contributed by atoms with E-state index in [1.54, 1.807) is 0 Å². The average molecular weight is 222 g/mol. The molecule has 0 aromatic rings. The molecule has 0 atom stereocenters. The predicted octanol–water partition coefficient (Wildman–Crippen LogP) is -2.26. The van der Waals surface area contributed by atoms with Crippen molar-refractivity contribution < 1.29 is 52.9 Å². The van der Waals surface area contributed by atoms with Crippen LogP contribution in [0.3, 0.4) is 0 Å². The van der Waals surface area contributed by atoms with Crippen molar-refractivity contribution in [3.63, 3.8) is 0 Å². The topological polar surface area (TPSA) is 72.8 Å². The minimum atomic E-state index is -4.30. The summed E-state index contributed by atoms with van der Waals surface area (Å²) < 4.78 is 37.1. The molecule has 0 fully saturated rings. The SMILES string of the molecule is CCCCOCCOS(=O)(=O)O.[H-].[Na+]. The van der Waals surface area contributed by atoms with E-state index in [2.05, 4.69) is 4.18 Å². The second-order valence-electron chi connectivity index (χ2n) is 2.22. The van der Waals surface area contributed by atoms with Gasteiger partial charge in [-0.05, 0) is 6.42 Å². The molecule has 0 aliphatic carbocycles. The minimum absolute atomic E-state index is 0. The monoisotopic (exact) mass is 222 g/mol. The smallest absolute Gasteiger partial charge is 1.00 e. The standard InChI is InChI=1S/C6H14O5S.Na.H/c1-2-3-4-10-5-6-11-12(7,8)9;;/h2-6H2,1H3,(H,7,8,9);;/q;+1;-1. The third kappa shape index (κ3) is 15.6. The summed E-state index contributed by atoms with van der Waals surface area (Å²) >= 11 is 0. The third-order valence-electron chi connectivity index (χ3n) is 1.10. The molecule has 7 heteroatoms. The van der Waals surface area contributed by atoms with Gasteiger partial charge >= 0.3 is 40.0 Å². The van der Waals surface area contributed by atoms with E-state index in [0.29, 0.717) is 6.61 Å². The molecule has 13 heavy (non-hydrogen) atoms. The Labute approximate surface area is 103 Å². The first-order chi connectivity index (χ1) is 5.56. The van der Waals surface area contributed by atoms with Gasteiger partial charge in [0.1, 0.15) is 0 Å². The molecule has 0 saturated heterocycles. The molecule has 1 N–H and O–H groups in total. The summed E-state index contributed by atoms with van der Waals surface area (Å²) in [6.07, 6.45) is 1.96. The van der Waals surface area contributed by atoms with Crippen LogP contribution in [-0.4, -0.2) is 32.8 Å². The molecule has 0 heterocycles. The van der Waals surface area contributed by atoms with Crippen LogP contribution in [0.2, 0.25) is 0 Å². The van der Waals surface area contributed by atoms with E-state index in [-0.39, 0.29) is 44.2 Å². The van der Waals surface area contributed by atoms with Crippen molar-refractivity contribution in [3.05, 3.63) is 0 Å². The Hall–Kier alpha value is 0.830. The van der Waals surface area contributed by atoms with Gasteiger partial charge in [0.15, 0.2) is 0 Å². The van der Waals surface area contributed by atoms with E-state index < -0.39 is 10.4 Å². The molecule has 0 saturated carbocycles. The molecule has 0 rings (SSSR count). The van der Waals surface area contributed by atoms with Gasteiger partial charge in [0.25, 0.3) is 0 Å². The Morgan fingerprint density at radius 1 is 1.31 bits per heavy atom. The third-order valence-corrected chi connectivity index (χ3v) is 1.57. The zero-order valence-electron chi connectivity index (χ0n) is 9.02. The van der Waals surface area contributed by atoms with Crippen molar-refractivity contribution in [1.29, 1.82) is 0 Å². The molecular weight excluding hydrogens is 207 g/mol. The first-order valence-corrected chi connectivity index (χ1v) is 5.12. The number of hydrogen-bond donors (Lipinski definition) is 1. The second-order valence-corrected chi connectivity index (χ2v) is 3.31. The van der Waals surface area contributed by atoms with Crippen LogP contribution in [0.1, 0.15) is 21.2 Å². The maximum atomic E-state index is 10.00.